The van der Waals surface area contributed by atoms with Gasteiger partial charge in [0.15, 0.2) is 0 Å². The lowest BCUT2D eigenvalue weighted by Gasteiger charge is -2.34. The molecule has 1 aliphatic heterocycles. The molecule has 0 spiro atoms. The Morgan fingerprint density at radius 3 is 3.00 bits per heavy atom. The third-order valence-corrected chi connectivity index (χ3v) is 6.11. The molecule has 0 N–H and O–H groups in total. The first-order chi connectivity index (χ1) is 11.6. The van der Waals surface area contributed by atoms with Crippen molar-refractivity contribution in [2.75, 3.05) is 26.7 Å². The molecule has 6 heteroatoms. The van der Waals surface area contributed by atoms with Crippen LogP contribution in [-0.2, 0) is 11.8 Å². The molecule has 0 unspecified atom stereocenters. The second kappa shape index (κ2) is 7.49. The molecule has 0 aliphatic carbocycles. The fourth-order valence-electron chi connectivity index (χ4n) is 3.46. The lowest BCUT2D eigenvalue weighted by molar-refractivity contribution is -0.133. The summed E-state index contributed by atoms with van der Waals surface area (Å²) in [6.07, 6.45) is 4.16. The molecule has 5 nitrogen and oxygen atoms in total. The second-order valence-electron chi connectivity index (χ2n) is 6.65. The van der Waals surface area contributed by atoms with Crippen LogP contribution >= 0.6 is 11.3 Å². The minimum atomic E-state index is 0.134. The molecule has 2 aromatic heterocycles. The minimum Gasteiger partial charge on any atom is -0.337 e. The Balaban J connectivity index is 1.59. The SMILES string of the molecule is C[C@H](c1cccs1)N(C)C(=O)CN1CCC[C@@H](c2ccnn2C)C1. The molecule has 3 rings (SSSR count). The highest BCUT2D eigenvalue weighted by Crippen LogP contribution is 2.27. The number of rotatable bonds is 5. The molecule has 0 radical (unpaired) electrons. The van der Waals surface area contributed by atoms with E-state index in [0.717, 1.165) is 19.5 Å². The van der Waals surface area contributed by atoms with Crippen LogP contribution in [0.5, 0.6) is 0 Å². The van der Waals surface area contributed by atoms with E-state index in [1.807, 2.05) is 35.9 Å². The third kappa shape index (κ3) is 3.70. The highest BCUT2D eigenvalue weighted by atomic mass is 32.1. The molecule has 2 aromatic rings. The molecule has 1 aliphatic rings. The lowest BCUT2D eigenvalue weighted by Crippen LogP contribution is -2.43. The van der Waals surface area contributed by atoms with Gasteiger partial charge in [0.05, 0.1) is 12.6 Å². The molecule has 24 heavy (non-hydrogen) atoms. The smallest absolute Gasteiger partial charge is 0.237 e. The summed E-state index contributed by atoms with van der Waals surface area (Å²) < 4.78 is 1.96. The standard InChI is InChI=1S/C18H26N4OS/c1-14(17-7-5-11-24-17)20(2)18(23)13-22-10-4-6-15(12-22)16-8-9-19-21(16)3/h5,7-9,11,14-15H,4,6,10,12-13H2,1-3H3/t14-,15-/m1/s1. The van der Waals surface area contributed by atoms with Crippen LogP contribution in [0.15, 0.2) is 29.8 Å². The van der Waals surface area contributed by atoms with E-state index in [4.69, 9.17) is 0 Å². The molecule has 1 saturated heterocycles. The first kappa shape index (κ1) is 17.2. The van der Waals surface area contributed by atoms with Gasteiger partial charge in [0.1, 0.15) is 0 Å². The number of aromatic nitrogens is 2. The average molecular weight is 347 g/mol. The molecule has 2 atom stereocenters. The molecule has 1 amide bonds. The highest BCUT2D eigenvalue weighted by Gasteiger charge is 2.26. The average Bonchev–Trinajstić information content (AvgIpc) is 3.25. The number of carbonyl (C=O) groups is 1. The molecular weight excluding hydrogens is 320 g/mol. The Morgan fingerprint density at radius 1 is 1.50 bits per heavy atom. The normalized spacial score (nSPS) is 20.0. The predicted octanol–water partition coefficient (Wildman–Crippen LogP) is 2.88. The maximum atomic E-state index is 12.7. The molecular formula is C18H26N4OS. The van der Waals surface area contributed by atoms with Crippen molar-refractivity contribution in [2.45, 2.75) is 31.7 Å². The maximum absolute atomic E-state index is 12.7. The zero-order valence-electron chi connectivity index (χ0n) is 14.7. The summed E-state index contributed by atoms with van der Waals surface area (Å²) in [5.74, 6) is 0.667. The first-order valence-electron chi connectivity index (χ1n) is 8.55. The Kier molecular flexibility index (Phi) is 5.36. The van der Waals surface area contributed by atoms with Crippen molar-refractivity contribution < 1.29 is 4.79 Å². The summed E-state index contributed by atoms with van der Waals surface area (Å²) in [6, 6.07) is 6.37. The van der Waals surface area contributed by atoms with Gasteiger partial charge < -0.3 is 4.90 Å². The van der Waals surface area contributed by atoms with Crippen LogP contribution in [0.2, 0.25) is 0 Å². The van der Waals surface area contributed by atoms with Crippen LogP contribution in [0.3, 0.4) is 0 Å². The fraction of sp³-hybridized carbons (Fsp3) is 0.556. The lowest BCUT2D eigenvalue weighted by atomic mass is 9.94. The van der Waals surface area contributed by atoms with Gasteiger partial charge in [-0.05, 0) is 43.8 Å². The van der Waals surface area contributed by atoms with Crippen molar-refractivity contribution in [3.8, 4) is 0 Å². The van der Waals surface area contributed by atoms with Gasteiger partial charge in [-0.3, -0.25) is 14.4 Å². The Bertz CT molecular complexity index is 666. The largest absolute Gasteiger partial charge is 0.337 e. The monoisotopic (exact) mass is 346 g/mol. The number of hydrogen-bond acceptors (Lipinski definition) is 4. The van der Waals surface area contributed by atoms with Gasteiger partial charge in [-0.15, -0.1) is 11.3 Å². The van der Waals surface area contributed by atoms with Crippen LogP contribution in [-0.4, -0.2) is 52.2 Å². The summed E-state index contributed by atoms with van der Waals surface area (Å²) in [4.78, 5) is 18.1. The summed E-state index contributed by atoms with van der Waals surface area (Å²) in [5, 5.41) is 6.34. The maximum Gasteiger partial charge on any atom is 0.237 e. The Morgan fingerprint density at radius 2 is 2.33 bits per heavy atom. The van der Waals surface area contributed by atoms with Crippen LogP contribution in [0.1, 0.15) is 42.3 Å². The zero-order valence-corrected chi connectivity index (χ0v) is 15.5. The Labute approximate surface area is 147 Å². The van der Waals surface area contributed by atoms with Crippen LogP contribution in [0.4, 0.5) is 0 Å². The molecule has 0 aromatic carbocycles. The van der Waals surface area contributed by atoms with E-state index in [0.29, 0.717) is 12.5 Å². The fourth-order valence-corrected chi connectivity index (χ4v) is 4.29. The van der Waals surface area contributed by atoms with Gasteiger partial charge in [0.25, 0.3) is 0 Å². The van der Waals surface area contributed by atoms with Gasteiger partial charge in [-0.2, -0.15) is 5.10 Å². The van der Waals surface area contributed by atoms with Crippen molar-refractivity contribution in [2.24, 2.45) is 7.05 Å². The number of thiophene rings is 1. The summed E-state index contributed by atoms with van der Waals surface area (Å²) in [7, 11) is 3.91. The van der Waals surface area contributed by atoms with Crippen molar-refractivity contribution in [3.05, 3.63) is 40.3 Å². The molecule has 130 valence electrons. The number of piperidine rings is 1. The number of amides is 1. The van der Waals surface area contributed by atoms with Crippen molar-refractivity contribution in [1.29, 1.82) is 0 Å². The van der Waals surface area contributed by atoms with Crippen molar-refractivity contribution in [1.82, 2.24) is 19.6 Å². The van der Waals surface area contributed by atoms with Crippen molar-refractivity contribution >= 4 is 17.2 Å². The van der Waals surface area contributed by atoms with Crippen LogP contribution in [0.25, 0.3) is 0 Å². The summed E-state index contributed by atoms with van der Waals surface area (Å²) in [5.41, 5.74) is 1.27. The van der Waals surface area contributed by atoms with E-state index in [-0.39, 0.29) is 11.9 Å². The molecule has 0 saturated carbocycles. The topological polar surface area (TPSA) is 41.4 Å². The Hall–Kier alpha value is -1.66. The van der Waals surface area contributed by atoms with Crippen LogP contribution in [0, 0.1) is 0 Å². The van der Waals surface area contributed by atoms with E-state index in [1.54, 1.807) is 11.3 Å². The summed E-state index contributed by atoms with van der Waals surface area (Å²) in [6.45, 7) is 4.53. The van der Waals surface area contributed by atoms with E-state index in [2.05, 4.69) is 34.4 Å². The number of carbonyl (C=O) groups excluding carboxylic acids is 1. The third-order valence-electron chi connectivity index (χ3n) is 5.07. The predicted molar refractivity (Wildman–Crippen MR) is 97.1 cm³/mol. The number of likely N-dealkylation sites (N-methyl/N-ethyl adjacent to an activating group) is 1. The van der Waals surface area contributed by atoms with Gasteiger partial charge in [0, 0.05) is 43.3 Å². The van der Waals surface area contributed by atoms with Gasteiger partial charge >= 0.3 is 0 Å². The number of hydrogen-bond donors (Lipinski definition) is 0. The van der Waals surface area contributed by atoms with Gasteiger partial charge in [-0.1, -0.05) is 6.07 Å². The number of nitrogens with zero attached hydrogens (tertiary/aromatic N) is 4. The molecule has 0 bridgehead atoms. The van der Waals surface area contributed by atoms with Crippen LogP contribution < -0.4 is 0 Å². The first-order valence-corrected chi connectivity index (χ1v) is 9.43. The van der Waals surface area contributed by atoms with Gasteiger partial charge in [-0.25, -0.2) is 0 Å². The number of likely N-dealkylation sites (tertiary alicyclic amines) is 1. The molecule has 1 fully saturated rings. The highest BCUT2D eigenvalue weighted by molar-refractivity contribution is 7.10. The molecule has 3 heterocycles. The van der Waals surface area contributed by atoms with E-state index >= 15 is 0 Å². The number of aryl methyl sites for hydroxylation is 1. The minimum absolute atomic E-state index is 0.134. The van der Waals surface area contributed by atoms with E-state index < -0.39 is 0 Å². The van der Waals surface area contributed by atoms with E-state index in [1.165, 1.54) is 17.0 Å². The zero-order chi connectivity index (χ0) is 17.1. The summed E-state index contributed by atoms with van der Waals surface area (Å²) >= 11 is 1.71. The van der Waals surface area contributed by atoms with Crippen molar-refractivity contribution in [3.63, 3.8) is 0 Å². The van der Waals surface area contributed by atoms with Gasteiger partial charge in [0.2, 0.25) is 5.91 Å². The van der Waals surface area contributed by atoms with E-state index in [9.17, 15) is 4.79 Å². The second-order valence-corrected chi connectivity index (χ2v) is 7.63. The quantitative estimate of drug-likeness (QED) is 0.836.